The van der Waals surface area contributed by atoms with Crippen molar-refractivity contribution < 1.29 is 24.1 Å². The molecule has 170 valence electrons. The van der Waals surface area contributed by atoms with Crippen LogP contribution >= 0.6 is 0 Å². The number of hydrogen-bond acceptors (Lipinski definition) is 7. The fourth-order valence-corrected chi connectivity index (χ4v) is 2.66. The molecule has 0 aliphatic heterocycles. The van der Waals surface area contributed by atoms with Gasteiger partial charge in [0.2, 0.25) is 0 Å². The lowest BCUT2D eigenvalue weighted by Crippen LogP contribution is -2.43. The molecule has 0 radical (unpaired) electrons. The average molecular weight is 441 g/mol. The Morgan fingerprint density at radius 2 is 1.59 bits per heavy atom. The molecule has 2 aromatic rings. The zero-order valence-electron chi connectivity index (χ0n) is 18.7. The van der Waals surface area contributed by atoms with E-state index in [1.165, 1.54) is 24.3 Å². The van der Waals surface area contributed by atoms with Crippen molar-refractivity contribution in [3.8, 4) is 0 Å². The van der Waals surface area contributed by atoms with E-state index in [4.69, 9.17) is 9.57 Å². The number of nitro groups is 1. The lowest BCUT2D eigenvalue weighted by atomic mass is 10.0. The molecular formula is C23H27N3O6. The summed E-state index contributed by atoms with van der Waals surface area (Å²) in [5.74, 6) is -0.759. The highest BCUT2D eigenvalue weighted by atomic mass is 16.7. The van der Waals surface area contributed by atoms with Crippen LogP contribution in [-0.2, 0) is 14.4 Å². The van der Waals surface area contributed by atoms with E-state index in [1.54, 1.807) is 39.8 Å². The van der Waals surface area contributed by atoms with Gasteiger partial charge >= 0.3 is 12.1 Å². The summed E-state index contributed by atoms with van der Waals surface area (Å²) < 4.78 is 5.18. The number of hydrogen-bond donors (Lipinski definition) is 1. The number of carbonyl (C=O) groups excluding carboxylic acids is 2. The SMILES string of the molecule is CC[C@H](NC(=O)OC(C)(C)C)C(=O)O/N=C(\c1ccc(C)cc1)c1ccc([N+](=O)[O-])cc1. The molecule has 9 heteroatoms. The van der Waals surface area contributed by atoms with Crippen LogP contribution in [0.4, 0.5) is 10.5 Å². The van der Waals surface area contributed by atoms with Gasteiger partial charge in [0.15, 0.2) is 0 Å². The van der Waals surface area contributed by atoms with Gasteiger partial charge in [-0.1, -0.05) is 41.9 Å². The van der Waals surface area contributed by atoms with Crippen molar-refractivity contribution in [2.24, 2.45) is 5.16 Å². The third-order valence-corrected chi connectivity index (χ3v) is 4.29. The van der Waals surface area contributed by atoms with Gasteiger partial charge < -0.3 is 14.9 Å². The van der Waals surface area contributed by atoms with E-state index in [1.807, 2.05) is 19.1 Å². The van der Waals surface area contributed by atoms with Gasteiger partial charge in [0.1, 0.15) is 17.4 Å². The summed E-state index contributed by atoms with van der Waals surface area (Å²) in [6.07, 6.45) is -0.468. The van der Waals surface area contributed by atoms with Crippen LogP contribution in [0.5, 0.6) is 0 Å². The molecule has 0 unspecified atom stereocenters. The molecule has 0 aliphatic carbocycles. The molecule has 9 nitrogen and oxygen atoms in total. The molecular weight excluding hydrogens is 414 g/mol. The number of carbonyl (C=O) groups is 2. The zero-order valence-corrected chi connectivity index (χ0v) is 18.7. The summed E-state index contributed by atoms with van der Waals surface area (Å²) in [6, 6.07) is 12.2. The Morgan fingerprint density at radius 3 is 2.06 bits per heavy atom. The highest BCUT2D eigenvalue weighted by Gasteiger charge is 2.25. The first-order valence-corrected chi connectivity index (χ1v) is 10.1. The van der Waals surface area contributed by atoms with Crippen molar-refractivity contribution in [2.45, 2.75) is 52.7 Å². The Labute approximate surface area is 186 Å². The van der Waals surface area contributed by atoms with Crippen molar-refractivity contribution in [3.05, 3.63) is 75.3 Å². The van der Waals surface area contributed by atoms with E-state index in [0.29, 0.717) is 16.8 Å². The molecule has 2 rings (SSSR count). The molecule has 1 N–H and O–H groups in total. The fraction of sp³-hybridized carbons (Fsp3) is 0.348. The molecule has 0 aliphatic rings. The van der Waals surface area contributed by atoms with Crippen LogP contribution in [0.25, 0.3) is 0 Å². The number of nitrogens with one attached hydrogen (secondary N) is 1. The number of amides is 1. The van der Waals surface area contributed by atoms with Crippen LogP contribution in [0.3, 0.4) is 0 Å². The minimum atomic E-state index is -0.954. The van der Waals surface area contributed by atoms with E-state index in [2.05, 4.69) is 10.5 Å². The molecule has 0 saturated carbocycles. The highest BCUT2D eigenvalue weighted by molar-refractivity contribution is 6.12. The molecule has 1 atom stereocenters. The first-order chi connectivity index (χ1) is 15.0. The Hall–Kier alpha value is -3.75. The van der Waals surface area contributed by atoms with Crippen LogP contribution in [0.2, 0.25) is 0 Å². The number of alkyl carbamates (subject to hydrolysis) is 1. The number of non-ortho nitro benzene ring substituents is 1. The largest absolute Gasteiger partial charge is 0.444 e. The fourth-order valence-electron chi connectivity index (χ4n) is 2.66. The van der Waals surface area contributed by atoms with Crippen LogP contribution in [-0.4, -0.2) is 34.3 Å². The van der Waals surface area contributed by atoms with Crippen molar-refractivity contribution in [3.63, 3.8) is 0 Å². The molecule has 0 fully saturated rings. The quantitative estimate of drug-likeness (QED) is 0.292. The van der Waals surface area contributed by atoms with Gasteiger partial charge in [0.05, 0.1) is 4.92 Å². The van der Waals surface area contributed by atoms with Crippen LogP contribution in [0.15, 0.2) is 53.7 Å². The number of oxime groups is 1. The second-order valence-corrected chi connectivity index (χ2v) is 8.13. The molecule has 0 saturated heterocycles. The Bertz CT molecular complexity index is 992. The van der Waals surface area contributed by atoms with E-state index in [-0.39, 0.29) is 12.1 Å². The highest BCUT2D eigenvalue weighted by Crippen LogP contribution is 2.17. The smallest absolute Gasteiger partial charge is 0.408 e. The monoisotopic (exact) mass is 441 g/mol. The van der Waals surface area contributed by atoms with Gasteiger partial charge in [-0.25, -0.2) is 9.59 Å². The lowest BCUT2D eigenvalue weighted by molar-refractivity contribution is -0.384. The standard InChI is InChI=1S/C23H27N3O6/c1-6-19(24-22(28)31-23(3,4)5)21(27)32-25-20(16-9-7-15(2)8-10-16)17-11-13-18(14-12-17)26(29)30/h7-14,19H,6H2,1-5H3,(H,24,28)/b25-20+/t19-/m0/s1. The number of rotatable bonds is 7. The Morgan fingerprint density at radius 1 is 1.06 bits per heavy atom. The van der Waals surface area contributed by atoms with Gasteiger partial charge in [0, 0.05) is 23.3 Å². The van der Waals surface area contributed by atoms with E-state index < -0.39 is 28.6 Å². The molecule has 0 heterocycles. The third kappa shape index (κ3) is 7.19. The van der Waals surface area contributed by atoms with Crippen molar-refractivity contribution in [2.75, 3.05) is 0 Å². The summed E-state index contributed by atoms with van der Waals surface area (Å²) in [6.45, 7) is 8.79. The Balaban J connectivity index is 2.27. The second-order valence-electron chi connectivity index (χ2n) is 8.13. The zero-order chi connectivity index (χ0) is 23.9. The molecule has 32 heavy (non-hydrogen) atoms. The number of nitro benzene ring substituents is 1. The predicted molar refractivity (Wildman–Crippen MR) is 119 cm³/mol. The van der Waals surface area contributed by atoms with Crippen LogP contribution in [0, 0.1) is 17.0 Å². The Kier molecular flexibility index (Phi) is 8.06. The summed E-state index contributed by atoms with van der Waals surface area (Å²) in [5.41, 5.74) is 1.76. The number of aryl methyl sites for hydroxylation is 1. The summed E-state index contributed by atoms with van der Waals surface area (Å²) >= 11 is 0. The van der Waals surface area contributed by atoms with E-state index in [9.17, 15) is 19.7 Å². The van der Waals surface area contributed by atoms with Crippen molar-refractivity contribution in [1.82, 2.24) is 5.32 Å². The topological polar surface area (TPSA) is 120 Å². The van der Waals surface area contributed by atoms with E-state index in [0.717, 1.165) is 5.56 Å². The average Bonchev–Trinajstić information content (AvgIpc) is 2.72. The molecule has 0 aromatic heterocycles. The number of benzene rings is 2. The third-order valence-electron chi connectivity index (χ3n) is 4.29. The minimum Gasteiger partial charge on any atom is -0.444 e. The van der Waals surface area contributed by atoms with E-state index >= 15 is 0 Å². The molecule has 2 aromatic carbocycles. The normalized spacial score (nSPS) is 12.6. The number of ether oxygens (including phenoxy) is 1. The summed E-state index contributed by atoms with van der Waals surface area (Å²) in [7, 11) is 0. The van der Waals surface area contributed by atoms with Gasteiger partial charge in [-0.3, -0.25) is 10.1 Å². The molecule has 0 bridgehead atoms. The van der Waals surface area contributed by atoms with Crippen LogP contribution in [0.1, 0.15) is 50.8 Å². The lowest BCUT2D eigenvalue weighted by Gasteiger charge is -2.21. The van der Waals surface area contributed by atoms with Gasteiger partial charge in [-0.2, -0.15) is 0 Å². The second kappa shape index (κ2) is 10.5. The molecule has 1 amide bonds. The maximum Gasteiger partial charge on any atom is 0.408 e. The maximum atomic E-state index is 12.6. The van der Waals surface area contributed by atoms with Crippen LogP contribution < -0.4 is 5.32 Å². The molecule has 0 spiro atoms. The van der Waals surface area contributed by atoms with Gasteiger partial charge in [-0.15, -0.1) is 0 Å². The summed E-state index contributed by atoms with van der Waals surface area (Å²) in [4.78, 5) is 40.2. The van der Waals surface area contributed by atoms with Crippen molar-refractivity contribution >= 4 is 23.5 Å². The van der Waals surface area contributed by atoms with Crippen molar-refractivity contribution in [1.29, 1.82) is 0 Å². The summed E-state index contributed by atoms with van der Waals surface area (Å²) in [5, 5.41) is 17.4. The van der Waals surface area contributed by atoms with Gasteiger partial charge in [0.25, 0.3) is 5.69 Å². The first-order valence-electron chi connectivity index (χ1n) is 10.1. The van der Waals surface area contributed by atoms with Gasteiger partial charge in [-0.05, 0) is 46.2 Å². The predicted octanol–water partition coefficient (Wildman–Crippen LogP) is 4.50. The minimum absolute atomic E-state index is 0.0680. The first kappa shape index (κ1) is 24.5. The number of nitrogens with zero attached hydrogens (tertiary/aromatic N) is 2. The maximum absolute atomic E-state index is 12.6.